The second-order valence-electron chi connectivity index (χ2n) is 11.9. The Morgan fingerprint density at radius 3 is 2.33 bits per heavy atom. The smallest absolute Gasteiger partial charge is 0.339 e. The molecule has 0 radical (unpaired) electrons. The SMILES string of the molecule is Cc1ccc(C(=O)COC(=O)c2cc(-c3ccc(N4C(=O)C5C6CCC(C6)C5C4=O)cc3)nc3ccc(Cl)cc23)cc1[N+](=O)[O-]. The molecular weight excluding hydrogens is 598 g/mol. The molecule has 3 aromatic carbocycles. The average molecular weight is 624 g/mol. The van der Waals surface area contributed by atoms with E-state index in [0.717, 1.165) is 25.3 Å². The van der Waals surface area contributed by atoms with Crippen LogP contribution >= 0.6 is 11.6 Å². The molecule has 2 saturated carbocycles. The van der Waals surface area contributed by atoms with Crippen molar-refractivity contribution in [1.82, 2.24) is 4.98 Å². The van der Waals surface area contributed by atoms with Crippen LogP contribution in [0.15, 0.2) is 66.7 Å². The molecule has 1 aliphatic heterocycles. The van der Waals surface area contributed by atoms with Gasteiger partial charge in [0.2, 0.25) is 17.6 Å². The molecule has 2 heterocycles. The number of anilines is 1. The summed E-state index contributed by atoms with van der Waals surface area (Å²) in [4.78, 5) is 69.4. The van der Waals surface area contributed by atoms with Crippen LogP contribution < -0.4 is 4.90 Å². The molecular formula is C34H26ClN3O7. The van der Waals surface area contributed by atoms with Gasteiger partial charge in [-0.15, -0.1) is 0 Å². The van der Waals surface area contributed by atoms with Gasteiger partial charge in [0.15, 0.2) is 6.61 Å². The number of aromatic nitrogens is 1. The van der Waals surface area contributed by atoms with E-state index in [1.165, 1.54) is 23.1 Å². The zero-order chi connectivity index (χ0) is 31.6. The highest BCUT2D eigenvalue weighted by Gasteiger charge is 2.61. The zero-order valence-corrected chi connectivity index (χ0v) is 24.8. The lowest BCUT2D eigenvalue weighted by molar-refractivity contribution is -0.385. The first kappa shape index (κ1) is 28.8. The van der Waals surface area contributed by atoms with Gasteiger partial charge in [-0.2, -0.15) is 0 Å². The summed E-state index contributed by atoms with van der Waals surface area (Å²) in [6.45, 7) is 0.936. The number of carbonyl (C=O) groups is 4. The second kappa shape index (κ2) is 10.9. The van der Waals surface area contributed by atoms with Crippen LogP contribution in [0.5, 0.6) is 0 Å². The Balaban J connectivity index is 1.15. The van der Waals surface area contributed by atoms with Crippen LogP contribution in [0.4, 0.5) is 11.4 Å². The fourth-order valence-electron chi connectivity index (χ4n) is 7.23. The van der Waals surface area contributed by atoms with Gasteiger partial charge in [0.1, 0.15) is 0 Å². The number of carbonyl (C=O) groups excluding carboxylic acids is 4. The summed E-state index contributed by atoms with van der Waals surface area (Å²) in [7, 11) is 0. The number of nitro benzene ring substituents is 1. The number of nitrogens with zero attached hydrogens (tertiary/aromatic N) is 3. The normalized spacial score (nSPS) is 21.8. The Bertz CT molecular complexity index is 1930. The van der Waals surface area contributed by atoms with Crippen LogP contribution in [-0.4, -0.2) is 40.1 Å². The molecule has 0 N–H and O–H groups in total. The fourth-order valence-corrected chi connectivity index (χ4v) is 7.40. The maximum atomic E-state index is 13.3. The number of ketones is 1. The van der Waals surface area contributed by atoms with E-state index in [2.05, 4.69) is 0 Å². The van der Waals surface area contributed by atoms with Crippen molar-refractivity contribution in [3.05, 3.63) is 98.6 Å². The monoisotopic (exact) mass is 623 g/mol. The number of hydrogen-bond donors (Lipinski definition) is 0. The summed E-state index contributed by atoms with van der Waals surface area (Å²) in [6, 6.07) is 17.4. The molecule has 0 spiro atoms. The Morgan fingerprint density at radius 1 is 0.978 bits per heavy atom. The number of fused-ring (bicyclic) bond motifs is 6. The van der Waals surface area contributed by atoms with Crippen molar-refractivity contribution in [2.24, 2.45) is 23.7 Å². The van der Waals surface area contributed by atoms with E-state index in [1.807, 2.05) is 0 Å². The molecule has 226 valence electrons. The minimum atomic E-state index is -0.799. The van der Waals surface area contributed by atoms with Crippen molar-refractivity contribution in [1.29, 1.82) is 0 Å². The van der Waals surface area contributed by atoms with Gasteiger partial charge >= 0.3 is 5.97 Å². The third-order valence-corrected chi connectivity index (χ3v) is 9.64. The Kier molecular flexibility index (Phi) is 6.96. The van der Waals surface area contributed by atoms with E-state index < -0.39 is 23.3 Å². The number of amides is 2. The zero-order valence-electron chi connectivity index (χ0n) is 24.1. The second-order valence-corrected chi connectivity index (χ2v) is 12.4. The number of aryl methyl sites for hydroxylation is 1. The van der Waals surface area contributed by atoms with E-state index in [1.54, 1.807) is 49.4 Å². The van der Waals surface area contributed by atoms with Crippen molar-refractivity contribution in [3.8, 4) is 11.3 Å². The molecule has 1 aromatic heterocycles. The van der Waals surface area contributed by atoms with Crippen molar-refractivity contribution in [3.63, 3.8) is 0 Å². The van der Waals surface area contributed by atoms with Crippen molar-refractivity contribution in [2.45, 2.75) is 26.2 Å². The van der Waals surface area contributed by atoms with E-state index in [-0.39, 0.29) is 40.5 Å². The number of imide groups is 1. The summed E-state index contributed by atoms with van der Waals surface area (Å²) >= 11 is 6.22. The summed E-state index contributed by atoms with van der Waals surface area (Å²) in [5.41, 5.74) is 2.40. The molecule has 2 aliphatic carbocycles. The van der Waals surface area contributed by atoms with Gasteiger partial charge in [0, 0.05) is 33.2 Å². The van der Waals surface area contributed by atoms with Crippen molar-refractivity contribution < 1.29 is 28.8 Å². The lowest BCUT2D eigenvalue weighted by atomic mass is 9.81. The molecule has 4 atom stereocenters. The number of nitro groups is 1. The largest absolute Gasteiger partial charge is 0.454 e. The minimum absolute atomic E-state index is 0.0507. The van der Waals surface area contributed by atoms with Gasteiger partial charge in [0.25, 0.3) is 5.69 Å². The van der Waals surface area contributed by atoms with E-state index >= 15 is 0 Å². The van der Waals surface area contributed by atoms with Gasteiger partial charge in [-0.25, -0.2) is 9.78 Å². The highest BCUT2D eigenvalue weighted by Crippen LogP contribution is 2.56. The third kappa shape index (κ3) is 4.85. The molecule has 10 nitrogen and oxygen atoms in total. The number of benzene rings is 3. The molecule has 7 rings (SSSR count). The molecule has 2 bridgehead atoms. The average Bonchev–Trinajstić information content (AvgIpc) is 3.72. The Hall–Kier alpha value is -4.96. The molecule has 1 saturated heterocycles. The minimum Gasteiger partial charge on any atom is -0.454 e. The van der Waals surface area contributed by atoms with E-state index in [0.29, 0.717) is 50.3 Å². The molecule has 11 heteroatoms. The Morgan fingerprint density at radius 2 is 1.67 bits per heavy atom. The number of halogens is 1. The van der Waals surface area contributed by atoms with Crippen LogP contribution in [0, 0.1) is 40.7 Å². The van der Waals surface area contributed by atoms with Gasteiger partial charge in [0.05, 0.1) is 39.2 Å². The number of esters is 1. The lowest BCUT2D eigenvalue weighted by Crippen LogP contribution is -2.32. The van der Waals surface area contributed by atoms with Gasteiger partial charge in [-0.05, 0) is 74.4 Å². The molecule has 4 unspecified atom stereocenters. The van der Waals surface area contributed by atoms with Crippen molar-refractivity contribution in [2.75, 3.05) is 11.5 Å². The number of Topliss-reactive ketones (excluding diaryl/α,β-unsaturated/α-hetero) is 1. The summed E-state index contributed by atoms with van der Waals surface area (Å²) in [5.74, 6) is -1.48. The Labute approximate surface area is 262 Å². The van der Waals surface area contributed by atoms with Gasteiger partial charge in [-0.1, -0.05) is 35.9 Å². The molecule has 2 amide bonds. The quantitative estimate of drug-likeness (QED) is 0.0764. The topological polar surface area (TPSA) is 137 Å². The maximum absolute atomic E-state index is 13.3. The van der Waals surface area contributed by atoms with E-state index in [9.17, 15) is 29.3 Å². The molecule has 4 aromatic rings. The summed E-state index contributed by atoms with van der Waals surface area (Å²) < 4.78 is 5.37. The first-order valence-corrected chi connectivity index (χ1v) is 15.0. The van der Waals surface area contributed by atoms with Crippen LogP contribution in [0.2, 0.25) is 5.02 Å². The highest BCUT2D eigenvalue weighted by molar-refractivity contribution is 6.31. The lowest BCUT2D eigenvalue weighted by Gasteiger charge is -2.19. The molecule has 45 heavy (non-hydrogen) atoms. The first-order valence-electron chi connectivity index (χ1n) is 14.6. The van der Waals surface area contributed by atoms with Crippen molar-refractivity contribution >= 4 is 57.4 Å². The number of rotatable bonds is 7. The first-order chi connectivity index (χ1) is 21.6. The molecule has 3 aliphatic rings. The summed E-state index contributed by atoms with van der Waals surface area (Å²) in [6.07, 6.45) is 2.97. The van der Waals surface area contributed by atoms with E-state index in [4.69, 9.17) is 21.3 Å². The predicted molar refractivity (Wildman–Crippen MR) is 165 cm³/mol. The number of pyridine rings is 1. The van der Waals surface area contributed by atoms with Crippen LogP contribution in [0.1, 0.15) is 45.5 Å². The fraction of sp³-hybridized carbons (Fsp3) is 0.265. The highest BCUT2D eigenvalue weighted by atomic mass is 35.5. The third-order valence-electron chi connectivity index (χ3n) is 9.40. The number of ether oxygens (including phenoxy) is 1. The summed E-state index contributed by atoms with van der Waals surface area (Å²) in [5, 5.41) is 12.1. The standard InChI is InChI=1S/C34H26ClN3O7/c1-17-2-3-19(13-28(17)38(43)44)29(39)16-45-34(42)25-15-27(36-26-11-8-22(35)14-24(25)26)18-6-9-23(10-7-18)37-32(40)30-20-4-5-21(12-20)31(30)33(37)41/h2-3,6-11,13-15,20-21,30-31H,4-5,12,16H2,1H3. The van der Waals surface area contributed by atoms with Crippen LogP contribution in [-0.2, 0) is 14.3 Å². The van der Waals surface area contributed by atoms with Gasteiger partial charge in [-0.3, -0.25) is 29.4 Å². The molecule has 3 fully saturated rings. The van der Waals surface area contributed by atoms with Gasteiger partial charge < -0.3 is 4.74 Å². The van der Waals surface area contributed by atoms with Crippen LogP contribution in [0.3, 0.4) is 0 Å². The number of hydrogen-bond acceptors (Lipinski definition) is 8. The van der Waals surface area contributed by atoms with Crippen LogP contribution in [0.25, 0.3) is 22.2 Å². The maximum Gasteiger partial charge on any atom is 0.339 e. The predicted octanol–water partition coefficient (Wildman–Crippen LogP) is 6.35.